The summed E-state index contributed by atoms with van der Waals surface area (Å²) in [5.74, 6) is -0.791. The summed E-state index contributed by atoms with van der Waals surface area (Å²) in [6.07, 6.45) is 1.45. The number of hydrogen-bond donors (Lipinski definition) is 0. The highest BCUT2D eigenvalue weighted by atomic mass is 35.5. The number of halogens is 1. The lowest BCUT2D eigenvalue weighted by molar-refractivity contribution is -0.139. The van der Waals surface area contributed by atoms with Crippen LogP contribution >= 0.6 is 11.6 Å². The van der Waals surface area contributed by atoms with Gasteiger partial charge < -0.3 is 9.30 Å². The van der Waals surface area contributed by atoms with Gasteiger partial charge in [0.25, 0.3) is 0 Å². The van der Waals surface area contributed by atoms with E-state index >= 15 is 0 Å². The Hall–Kier alpha value is -1.81. The molecule has 1 aromatic heterocycles. The van der Waals surface area contributed by atoms with E-state index in [1.807, 2.05) is 11.6 Å². The molecule has 1 heterocycles. The molecule has 0 N–H and O–H groups in total. The molecule has 4 nitrogen and oxygen atoms in total. The third kappa shape index (κ3) is 2.24. The van der Waals surface area contributed by atoms with E-state index in [1.165, 1.54) is 7.11 Å². The number of benzene rings is 1. The van der Waals surface area contributed by atoms with Crippen LogP contribution in [0.1, 0.15) is 16.8 Å². The first kappa shape index (κ1) is 12.6. The molecule has 0 fully saturated rings. The number of nitrogens with zero attached hydrogens (tertiary/aromatic N) is 1. The molecule has 2 aromatic rings. The van der Waals surface area contributed by atoms with Gasteiger partial charge in [-0.1, -0.05) is 17.7 Å². The molecule has 0 radical (unpaired) electrons. The first-order valence-corrected chi connectivity index (χ1v) is 5.75. The third-order valence-corrected chi connectivity index (χ3v) is 3.02. The van der Waals surface area contributed by atoms with Crippen LogP contribution in [0.3, 0.4) is 0 Å². The Morgan fingerprint density at radius 3 is 2.78 bits per heavy atom. The summed E-state index contributed by atoms with van der Waals surface area (Å²) >= 11 is 5.91. The molecule has 1 aromatic carbocycles. The minimum Gasteiger partial charge on any atom is -0.469 e. The maximum Gasteiger partial charge on any atom is 0.313 e. The maximum absolute atomic E-state index is 12.0. The van der Waals surface area contributed by atoms with E-state index in [-0.39, 0.29) is 12.2 Å². The molecule has 2 rings (SSSR count). The second-order valence-electron chi connectivity index (χ2n) is 3.99. The van der Waals surface area contributed by atoms with Crippen LogP contribution < -0.4 is 0 Å². The van der Waals surface area contributed by atoms with Crippen LogP contribution in [0.15, 0.2) is 24.4 Å². The number of ether oxygens (including phenoxy) is 1. The number of methoxy groups -OCH3 is 1. The van der Waals surface area contributed by atoms with Crippen LogP contribution in [0.2, 0.25) is 5.02 Å². The highest BCUT2D eigenvalue weighted by Gasteiger charge is 2.17. The van der Waals surface area contributed by atoms with E-state index in [9.17, 15) is 9.59 Å². The second-order valence-corrected chi connectivity index (χ2v) is 4.43. The van der Waals surface area contributed by atoms with Gasteiger partial charge in [0, 0.05) is 34.7 Å². The number of rotatable bonds is 3. The Morgan fingerprint density at radius 1 is 1.39 bits per heavy atom. The lowest BCUT2D eigenvalue weighted by Crippen LogP contribution is -2.09. The van der Waals surface area contributed by atoms with E-state index in [0.29, 0.717) is 10.6 Å². The summed E-state index contributed by atoms with van der Waals surface area (Å²) < 4.78 is 6.30. The van der Waals surface area contributed by atoms with Crippen LogP contribution in [0, 0.1) is 0 Å². The summed E-state index contributed by atoms with van der Waals surface area (Å²) in [5.41, 5.74) is 1.37. The molecule has 94 valence electrons. The van der Waals surface area contributed by atoms with Crippen LogP contribution in [-0.2, 0) is 16.6 Å². The molecule has 5 heteroatoms. The van der Waals surface area contributed by atoms with E-state index in [2.05, 4.69) is 4.74 Å². The average molecular weight is 266 g/mol. The highest BCUT2D eigenvalue weighted by molar-refractivity contribution is 6.31. The first-order chi connectivity index (χ1) is 8.52. The van der Waals surface area contributed by atoms with Gasteiger partial charge in [-0.3, -0.25) is 9.59 Å². The molecular weight excluding hydrogens is 254 g/mol. The van der Waals surface area contributed by atoms with E-state index < -0.39 is 5.97 Å². The maximum atomic E-state index is 12.0. The van der Waals surface area contributed by atoms with Crippen LogP contribution in [-0.4, -0.2) is 23.4 Å². The van der Waals surface area contributed by atoms with Gasteiger partial charge in [-0.15, -0.1) is 0 Å². The van der Waals surface area contributed by atoms with Crippen molar-refractivity contribution in [2.75, 3.05) is 7.11 Å². The van der Waals surface area contributed by atoms with Gasteiger partial charge in [0.15, 0.2) is 5.78 Å². The van der Waals surface area contributed by atoms with Crippen molar-refractivity contribution in [2.45, 2.75) is 6.42 Å². The minimum absolute atomic E-state index is 0.252. The van der Waals surface area contributed by atoms with E-state index in [0.717, 1.165) is 10.9 Å². The van der Waals surface area contributed by atoms with Crippen molar-refractivity contribution in [3.63, 3.8) is 0 Å². The van der Waals surface area contributed by atoms with Crippen molar-refractivity contribution < 1.29 is 14.3 Å². The fraction of sp³-hybridized carbons (Fsp3) is 0.231. The molecule has 0 amide bonds. The minimum atomic E-state index is -0.536. The summed E-state index contributed by atoms with van der Waals surface area (Å²) in [6.45, 7) is 0. The second kappa shape index (κ2) is 4.82. The zero-order chi connectivity index (χ0) is 13.3. The van der Waals surface area contributed by atoms with Crippen LogP contribution in [0.4, 0.5) is 0 Å². The summed E-state index contributed by atoms with van der Waals surface area (Å²) in [7, 11) is 3.09. The molecule has 0 aliphatic rings. The topological polar surface area (TPSA) is 48.3 Å². The number of ketones is 1. The number of esters is 1. The summed E-state index contributed by atoms with van der Waals surface area (Å²) in [6, 6.07) is 5.28. The fourth-order valence-electron chi connectivity index (χ4n) is 1.88. The summed E-state index contributed by atoms with van der Waals surface area (Å²) in [5, 5.41) is 1.39. The Kier molecular flexibility index (Phi) is 3.39. The lowest BCUT2D eigenvalue weighted by Gasteiger charge is -1.98. The summed E-state index contributed by atoms with van der Waals surface area (Å²) in [4.78, 5) is 23.1. The third-order valence-electron chi connectivity index (χ3n) is 2.79. The number of aryl methyl sites for hydroxylation is 1. The quantitative estimate of drug-likeness (QED) is 0.487. The zero-order valence-electron chi connectivity index (χ0n) is 10.1. The Morgan fingerprint density at radius 2 is 2.11 bits per heavy atom. The van der Waals surface area contributed by atoms with Gasteiger partial charge in [0.1, 0.15) is 6.42 Å². The Bertz CT molecular complexity index is 630. The standard InChI is InChI=1S/C13H12ClNO3/c1-15-7-10(12(16)6-13(17)18-2)9-4-3-8(14)5-11(9)15/h3-5,7H,6H2,1-2H3. The average Bonchev–Trinajstić information content (AvgIpc) is 2.66. The van der Waals surface area contributed by atoms with Crippen molar-refractivity contribution in [1.82, 2.24) is 4.57 Å². The van der Waals surface area contributed by atoms with Gasteiger partial charge >= 0.3 is 5.97 Å². The molecule has 0 spiro atoms. The molecule has 0 aliphatic heterocycles. The van der Waals surface area contributed by atoms with Gasteiger partial charge in [0.05, 0.1) is 7.11 Å². The van der Waals surface area contributed by atoms with Crippen molar-refractivity contribution in [3.8, 4) is 0 Å². The lowest BCUT2D eigenvalue weighted by atomic mass is 10.1. The van der Waals surface area contributed by atoms with Crippen molar-refractivity contribution in [2.24, 2.45) is 7.05 Å². The van der Waals surface area contributed by atoms with Gasteiger partial charge in [-0.2, -0.15) is 0 Å². The van der Waals surface area contributed by atoms with Crippen LogP contribution in [0.5, 0.6) is 0 Å². The van der Waals surface area contributed by atoms with Gasteiger partial charge in [-0.05, 0) is 12.1 Å². The van der Waals surface area contributed by atoms with E-state index in [4.69, 9.17) is 11.6 Å². The number of carbonyl (C=O) groups is 2. The monoisotopic (exact) mass is 265 g/mol. The molecule has 0 unspecified atom stereocenters. The van der Waals surface area contributed by atoms with Crippen molar-refractivity contribution in [1.29, 1.82) is 0 Å². The Balaban J connectivity index is 2.46. The predicted molar refractivity (Wildman–Crippen MR) is 68.9 cm³/mol. The molecule has 18 heavy (non-hydrogen) atoms. The predicted octanol–water partition coefficient (Wildman–Crippen LogP) is 2.58. The van der Waals surface area contributed by atoms with Gasteiger partial charge in [-0.25, -0.2) is 0 Å². The smallest absolute Gasteiger partial charge is 0.313 e. The number of hydrogen-bond acceptors (Lipinski definition) is 3. The number of aromatic nitrogens is 1. The zero-order valence-corrected chi connectivity index (χ0v) is 10.8. The molecule has 0 bridgehead atoms. The first-order valence-electron chi connectivity index (χ1n) is 5.37. The SMILES string of the molecule is COC(=O)CC(=O)c1cn(C)c2cc(Cl)ccc12. The van der Waals surface area contributed by atoms with Crippen molar-refractivity contribution >= 4 is 34.3 Å². The molecule has 0 aliphatic carbocycles. The largest absolute Gasteiger partial charge is 0.469 e. The van der Waals surface area contributed by atoms with Crippen LogP contribution in [0.25, 0.3) is 10.9 Å². The highest BCUT2D eigenvalue weighted by Crippen LogP contribution is 2.25. The number of fused-ring (bicyclic) bond motifs is 1. The molecule has 0 saturated heterocycles. The molecule has 0 atom stereocenters. The Labute approximate surface area is 109 Å². The molecule has 0 saturated carbocycles. The fourth-order valence-corrected chi connectivity index (χ4v) is 2.04. The van der Waals surface area contributed by atoms with E-state index in [1.54, 1.807) is 24.4 Å². The number of Topliss-reactive ketones (excluding diaryl/α,β-unsaturated/α-hetero) is 1. The van der Waals surface area contributed by atoms with Crippen molar-refractivity contribution in [3.05, 3.63) is 35.0 Å². The van der Waals surface area contributed by atoms with Gasteiger partial charge in [0.2, 0.25) is 0 Å². The normalized spacial score (nSPS) is 10.6. The number of carbonyl (C=O) groups excluding carboxylic acids is 2. The molecular formula is C13H12ClNO3.